The maximum atomic E-state index is 13.9. The number of nitrogens with zero attached hydrogens (tertiary/aromatic N) is 1. The molecule has 136 valence electrons. The lowest BCUT2D eigenvalue weighted by Gasteiger charge is -2.20. The van der Waals surface area contributed by atoms with Gasteiger partial charge in [-0.3, -0.25) is 9.59 Å². The molecular weight excluding hydrogens is 403 g/mol. The molecule has 0 aliphatic carbocycles. The van der Waals surface area contributed by atoms with Crippen molar-refractivity contribution in [2.75, 3.05) is 23.4 Å². The second-order valence-electron chi connectivity index (χ2n) is 5.92. The van der Waals surface area contributed by atoms with Crippen LogP contribution in [0.2, 0.25) is 0 Å². The van der Waals surface area contributed by atoms with E-state index in [2.05, 4.69) is 21.2 Å². The number of ether oxygens (including phenoxy) is 1. The van der Waals surface area contributed by atoms with Crippen molar-refractivity contribution >= 4 is 39.1 Å². The van der Waals surface area contributed by atoms with Crippen LogP contribution in [0.4, 0.5) is 15.8 Å². The Bertz CT molecular complexity index is 843. The minimum atomic E-state index is -0.555. The highest BCUT2D eigenvalue weighted by molar-refractivity contribution is 9.10. The first kappa shape index (κ1) is 18.4. The van der Waals surface area contributed by atoms with E-state index in [0.29, 0.717) is 22.5 Å². The summed E-state index contributed by atoms with van der Waals surface area (Å²) in [5, 5.41) is 2.57. The molecule has 26 heavy (non-hydrogen) atoms. The van der Waals surface area contributed by atoms with Crippen molar-refractivity contribution in [2.45, 2.75) is 13.3 Å². The summed E-state index contributed by atoms with van der Waals surface area (Å²) in [7, 11) is 0. The van der Waals surface area contributed by atoms with E-state index in [1.54, 1.807) is 23.1 Å². The van der Waals surface area contributed by atoms with Crippen LogP contribution in [-0.2, 0) is 9.59 Å². The number of rotatable bonds is 5. The van der Waals surface area contributed by atoms with E-state index in [4.69, 9.17) is 4.74 Å². The summed E-state index contributed by atoms with van der Waals surface area (Å²) in [6.07, 6.45) is 0.0738. The van der Waals surface area contributed by atoms with E-state index >= 15 is 0 Å². The first-order valence-corrected chi connectivity index (χ1v) is 9.07. The first-order chi connectivity index (χ1) is 12.5. The van der Waals surface area contributed by atoms with Gasteiger partial charge in [0.15, 0.2) is 0 Å². The average molecular weight is 421 g/mol. The second-order valence-corrected chi connectivity index (χ2v) is 6.84. The molecule has 1 aliphatic heterocycles. The molecule has 1 aliphatic rings. The van der Waals surface area contributed by atoms with E-state index in [9.17, 15) is 14.0 Å². The molecule has 1 heterocycles. The number of halogens is 2. The van der Waals surface area contributed by atoms with Gasteiger partial charge in [-0.05, 0) is 37.3 Å². The Morgan fingerprint density at radius 2 is 2.12 bits per heavy atom. The largest absolute Gasteiger partial charge is 0.492 e. The predicted molar refractivity (Wildman–Crippen MR) is 101 cm³/mol. The lowest BCUT2D eigenvalue weighted by Crippen LogP contribution is -2.28. The summed E-state index contributed by atoms with van der Waals surface area (Å²) in [5.74, 6) is -1.02. The fourth-order valence-electron chi connectivity index (χ4n) is 2.90. The first-order valence-electron chi connectivity index (χ1n) is 8.27. The molecule has 3 rings (SSSR count). The molecule has 0 unspecified atom stereocenters. The van der Waals surface area contributed by atoms with Gasteiger partial charge in [0, 0.05) is 17.4 Å². The fourth-order valence-corrected chi connectivity index (χ4v) is 3.23. The molecule has 2 aromatic carbocycles. The van der Waals surface area contributed by atoms with Crippen molar-refractivity contribution in [2.24, 2.45) is 5.92 Å². The molecule has 1 atom stereocenters. The van der Waals surface area contributed by atoms with Crippen LogP contribution in [0, 0.1) is 11.7 Å². The van der Waals surface area contributed by atoms with Crippen molar-refractivity contribution in [3.8, 4) is 5.75 Å². The minimum absolute atomic E-state index is 0.0738. The van der Waals surface area contributed by atoms with Crippen LogP contribution in [0.25, 0.3) is 0 Å². The number of nitrogens with one attached hydrogen (secondary N) is 1. The Labute approximate surface area is 159 Å². The third kappa shape index (κ3) is 3.88. The SMILES string of the molecule is CCOc1ccccc1N1C[C@@H](C(=O)Nc2ccc(Br)cc2F)CC1=O. The number of amides is 2. The number of hydrogen-bond acceptors (Lipinski definition) is 3. The molecule has 1 N–H and O–H groups in total. The standard InChI is InChI=1S/C19H18BrFN2O3/c1-2-26-17-6-4-3-5-16(17)23-11-12(9-18(23)24)19(25)22-15-8-7-13(20)10-14(15)21/h3-8,10,12H,2,9,11H2,1H3,(H,22,25)/t12-/m0/s1. The number of para-hydroxylation sites is 2. The van der Waals surface area contributed by atoms with Crippen LogP contribution in [0.1, 0.15) is 13.3 Å². The number of benzene rings is 2. The monoisotopic (exact) mass is 420 g/mol. The quantitative estimate of drug-likeness (QED) is 0.795. The number of carbonyl (C=O) groups excluding carboxylic acids is 2. The van der Waals surface area contributed by atoms with E-state index < -0.39 is 11.7 Å². The Morgan fingerprint density at radius 1 is 1.35 bits per heavy atom. The van der Waals surface area contributed by atoms with Gasteiger partial charge in [-0.25, -0.2) is 4.39 Å². The van der Waals surface area contributed by atoms with Gasteiger partial charge in [-0.1, -0.05) is 28.1 Å². The Kier molecular flexibility index (Phi) is 5.56. The van der Waals surface area contributed by atoms with Gasteiger partial charge < -0.3 is 15.0 Å². The van der Waals surface area contributed by atoms with Gasteiger partial charge >= 0.3 is 0 Å². The highest BCUT2D eigenvalue weighted by Crippen LogP contribution is 2.33. The van der Waals surface area contributed by atoms with Gasteiger partial charge in [-0.2, -0.15) is 0 Å². The summed E-state index contributed by atoms with van der Waals surface area (Å²) in [5.41, 5.74) is 0.739. The lowest BCUT2D eigenvalue weighted by molar-refractivity contribution is -0.122. The van der Waals surface area contributed by atoms with Crippen molar-refractivity contribution in [1.82, 2.24) is 0 Å². The topological polar surface area (TPSA) is 58.6 Å². The summed E-state index contributed by atoms with van der Waals surface area (Å²) >= 11 is 3.17. The van der Waals surface area contributed by atoms with Crippen molar-refractivity contribution in [1.29, 1.82) is 0 Å². The van der Waals surface area contributed by atoms with Gasteiger partial charge in [-0.15, -0.1) is 0 Å². The number of hydrogen-bond donors (Lipinski definition) is 1. The minimum Gasteiger partial charge on any atom is -0.492 e. The summed E-state index contributed by atoms with van der Waals surface area (Å²) in [6.45, 7) is 2.57. The van der Waals surface area contributed by atoms with Crippen molar-refractivity contribution in [3.63, 3.8) is 0 Å². The van der Waals surface area contributed by atoms with Crippen LogP contribution in [0.15, 0.2) is 46.9 Å². The predicted octanol–water partition coefficient (Wildman–Crippen LogP) is 3.98. The third-order valence-corrected chi connectivity index (χ3v) is 4.63. The molecular formula is C19H18BrFN2O3. The smallest absolute Gasteiger partial charge is 0.229 e. The molecule has 0 aromatic heterocycles. The Balaban J connectivity index is 1.74. The maximum absolute atomic E-state index is 13.9. The van der Waals surface area contributed by atoms with E-state index in [-0.39, 0.29) is 30.5 Å². The highest BCUT2D eigenvalue weighted by atomic mass is 79.9. The maximum Gasteiger partial charge on any atom is 0.229 e. The highest BCUT2D eigenvalue weighted by Gasteiger charge is 2.36. The summed E-state index contributed by atoms with van der Waals surface area (Å²) in [6, 6.07) is 11.6. The zero-order chi connectivity index (χ0) is 18.7. The van der Waals surface area contributed by atoms with Gasteiger partial charge in [0.05, 0.1) is 23.9 Å². The number of anilines is 2. The normalized spacial score (nSPS) is 16.7. The van der Waals surface area contributed by atoms with Crippen LogP contribution in [-0.4, -0.2) is 25.0 Å². The fraction of sp³-hybridized carbons (Fsp3) is 0.263. The van der Waals surface area contributed by atoms with E-state index in [1.165, 1.54) is 12.1 Å². The molecule has 0 saturated carbocycles. The zero-order valence-electron chi connectivity index (χ0n) is 14.2. The number of carbonyl (C=O) groups is 2. The molecule has 2 amide bonds. The molecule has 7 heteroatoms. The van der Waals surface area contributed by atoms with Gasteiger partial charge in [0.25, 0.3) is 0 Å². The van der Waals surface area contributed by atoms with Crippen LogP contribution >= 0.6 is 15.9 Å². The average Bonchev–Trinajstić information content (AvgIpc) is 3.00. The zero-order valence-corrected chi connectivity index (χ0v) is 15.8. The summed E-state index contributed by atoms with van der Waals surface area (Å²) < 4.78 is 20.1. The Hall–Kier alpha value is -2.41. The molecule has 5 nitrogen and oxygen atoms in total. The molecule has 0 radical (unpaired) electrons. The molecule has 1 fully saturated rings. The molecule has 1 saturated heterocycles. The molecule has 0 spiro atoms. The van der Waals surface area contributed by atoms with E-state index in [0.717, 1.165) is 0 Å². The van der Waals surface area contributed by atoms with E-state index in [1.807, 2.05) is 19.1 Å². The van der Waals surface area contributed by atoms with Crippen LogP contribution in [0.3, 0.4) is 0 Å². The van der Waals surface area contributed by atoms with Crippen molar-refractivity contribution < 1.29 is 18.7 Å². The molecule has 0 bridgehead atoms. The van der Waals surface area contributed by atoms with Crippen LogP contribution in [0.5, 0.6) is 5.75 Å². The summed E-state index contributed by atoms with van der Waals surface area (Å²) in [4.78, 5) is 26.5. The van der Waals surface area contributed by atoms with Crippen molar-refractivity contribution in [3.05, 3.63) is 52.8 Å². The lowest BCUT2D eigenvalue weighted by atomic mass is 10.1. The van der Waals surface area contributed by atoms with Gasteiger partial charge in [0.1, 0.15) is 11.6 Å². The molecule has 2 aromatic rings. The van der Waals surface area contributed by atoms with Crippen LogP contribution < -0.4 is 15.0 Å². The second kappa shape index (κ2) is 7.86. The third-order valence-electron chi connectivity index (χ3n) is 4.14. The van der Waals surface area contributed by atoms with Gasteiger partial charge in [0.2, 0.25) is 11.8 Å². The Morgan fingerprint density at radius 3 is 2.85 bits per heavy atom.